The van der Waals surface area contributed by atoms with Crippen LogP contribution in [0.3, 0.4) is 0 Å². The number of guanidine groups is 1. The number of piperidine rings is 1. The molecule has 0 radical (unpaired) electrons. The van der Waals surface area contributed by atoms with E-state index in [1.165, 1.54) is 11.1 Å². The zero-order chi connectivity index (χ0) is 19.6. The zero-order valence-electron chi connectivity index (χ0n) is 17.1. The monoisotopic (exact) mass is 379 g/mol. The van der Waals surface area contributed by atoms with Gasteiger partial charge in [0.2, 0.25) is 0 Å². The smallest absolute Gasteiger partial charge is 0.191 e. The number of benzene rings is 1. The molecule has 28 heavy (non-hydrogen) atoms. The Morgan fingerprint density at radius 3 is 2.71 bits per heavy atom. The molecule has 5 nitrogen and oxygen atoms in total. The van der Waals surface area contributed by atoms with Crippen LogP contribution in [0.1, 0.15) is 37.8 Å². The van der Waals surface area contributed by atoms with E-state index >= 15 is 0 Å². The molecule has 1 saturated heterocycles. The van der Waals surface area contributed by atoms with E-state index in [0.29, 0.717) is 12.1 Å². The van der Waals surface area contributed by atoms with Gasteiger partial charge in [0.15, 0.2) is 5.96 Å². The summed E-state index contributed by atoms with van der Waals surface area (Å²) in [4.78, 5) is 11.5. The zero-order valence-corrected chi connectivity index (χ0v) is 17.1. The summed E-state index contributed by atoms with van der Waals surface area (Å²) in [5, 5.41) is 7.05. The van der Waals surface area contributed by atoms with Gasteiger partial charge in [-0.05, 0) is 50.3 Å². The first-order valence-electron chi connectivity index (χ1n) is 10.5. The SMILES string of the molecule is CCNC(=NCCc1cccnc1)NC1CCN(Cc2ccccc2)C(C)C1. The first-order valence-corrected chi connectivity index (χ1v) is 10.5. The molecule has 2 atom stereocenters. The predicted molar refractivity (Wildman–Crippen MR) is 116 cm³/mol. The quantitative estimate of drug-likeness (QED) is 0.573. The van der Waals surface area contributed by atoms with E-state index in [4.69, 9.17) is 4.99 Å². The van der Waals surface area contributed by atoms with E-state index in [2.05, 4.69) is 70.8 Å². The van der Waals surface area contributed by atoms with Gasteiger partial charge in [-0.3, -0.25) is 14.9 Å². The number of nitrogens with zero attached hydrogens (tertiary/aromatic N) is 3. The molecule has 2 aromatic rings. The van der Waals surface area contributed by atoms with Gasteiger partial charge in [-0.1, -0.05) is 36.4 Å². The van der Waals surface area contributed by atoms with Crippen LogP contribution in [0.2, 0.25) is 0 Å². The van der Waals surface area contributed by atoms with E-state index in [1.807, 2.05) is 18.5 Å². The van der Waals surface area contributed by atoms with E-state index in [1.54, 1.807) is 0 Å². The molecule has 2 N–H and O–H groups in total. The summed E-state index contributed by atoms with van der Waals surface area (Å²) in [5.74, 6) is 0.931. The van der Waals surface area contributed by atoms with Gasteiger partial charge in [0.25, 0.3) is 0 Å². The van der Waals surface area contributed by atoms with Crippen molar-refractivity contribution >= 4 is 5.96 Å². The summed E-state index contributed by atoms with van der Waals surface area (Å²) in [6.45, 7) is 8.24. The second kappa shape index (κ2) is 10.8. The molecule has 0 spiro atoms. The van der Waals surface area contributed by atoms with E-state index in [-0.39, 0.29) is 0 Å². The highest BCUT2D eigenvalue weighted by Crippen LogP contribution is 2.19. The molecule has 2 heterocycles. The van der Waals surface area contributed by atoms with Crippen LogP contribution in [-0.2, 0) is 13.0 Å². The van der Waals surface area contributed by atoms with Crippen LogP contribution in [0.25, 0.3) is 0 Å². The molecular formula is C23H33N5. The highest BCUT2D eigenvalue weighted by Gasteiger charge is 2.25. The molecule has 1 fully saturated rings. The number of aliphatic imine (C=N–C) groups is 1. The van der Waals surface area contributed by atoms with Gasteiger partial charge in [-0.15, -0.1) is 0 Å². The molecule has 1 aliphatic rings. The number of aromatic nitrogens is 1. The second-order valence-corrected chi connectivity index (χ2v) is 7.54. The fraction of sp³-hybridized carbons (Fsp3) is 0.478. The summed E-state index contributed by atoms with van der Waals surface area (Å²) in [5.41, 5.74) is 2.62. The summed E-state index contributed by atoms with van der Waals surface area (Å²) in [7, 11) is 0. The van der Waals surface area contributed by atoms with E-state index < -0.39 is 0 Å². The van der Waals surface area contributed by atoms with E-state index in [9.17, 15) is 0 Å². The molecular weight excluding hydrogens is 346 g/mol. The van der Waals surface area contributed by atoms with Gasteiger partial charge in [0, 0.05) is 50.7 Å². The third kappa shape index (κ3) is 6.34. The third-order valence-corrected chi connectivity index (χ3v) is 5.32. The molecule has 3 rings (SSSR count). The molecule has 0 saturated carbocycles. The van der Waals surface area contributed by atoms with Crippen LogP contribution in [0.15, 0.2) is 59.9 Å². The van der Waals surface area contributed by atoms with Crippen LogP contribution in [0.4, 0.5) is 0 Å². The van der Waals surface area contributed by atoms with Crippen molar-refractivity contribution < 1.29 is 0 Å². The molecule has 5 heteroatoms. The van der Waals surface area contributed by atoms with Crippen LogP contribution in [0.5, 0.6) is 0 Å². The van der Waals surface area contributed by atoms with Gasteiger partial charge in [-0.25, -0.2) is 0 Å². The Morgan fingerprint density at radius 1 is 1.18 bits per heavy atom. The fourth-order valence-electron chi connectivity index (χ4n) is 3.76. The molecule has 0 amide bonds. The number of likely N-dealkylation sites (tertiary alicyclic amines) is 1. The predicted octanol–water partition coefficient (Wildman–Crippen LogP) is 3.23. The Balaban J connectivity index is 1.49. The van der Waals surface area contributed by atoms with Crippen molar-refractivity contribution in [1.29, 1.82) is 0 Å². The summed E-state index contributed by atoms with van der Waals surface area (Å²) >= 11 is 0. The first-order chi connectivity index (χ1) is 13.7. The lowest BCUT2D eigenvalue weighted by Crippen LogP contribution is -2.51. The Morgan fingerprint density at radius 2 is 2.00 bits per heavy atom. The number of rotatable bonds is 7. The molecule has 150 valence electrons. The van der Waals surface area contributed by atoms with Crippen molar-refractivity contribution in [3.05, 3.63) is 66.0 Å². The molecule has 1 aromatic heterocycles. The topological polar surface area (TPSA) is 52.6 Å². The fourth-order valence-corrected chi connectivity index (χ4v) is 3.76. The molecule has 0 bridgehead atoms. The van der Waals surface area contributed by atoms with Crippen LogP contribution < -0.4 is 10.6 Å². The van der Waals surface area contributed by atoms with Crippen molar-refractivity contribution in [3.63, 3.8) is 0 Å². The lowest BCUT2D eigenvalue weighted by Gasteiger charge is -2.38. The molecule has 1 aromatic carbocycles. The molecule has 1 aliphatic heterocycles. The lowest BCUT2D eigenvalue weighted by molar-refractivity contribution is 0.134. The van der Waals surface area contributed by atoms with Gasteiger partial charge in [-0.2, -0.15) is 0 Å². The van der Waals surface area contributed by atoms with Crippen LogP contribution in [-0.4, -0.2) is 47.6 Å². The summed E-state index contributed by atoms with van der Waals surface area (Å²) in [6.07, 6.45) is 6.92. The van der Waals surface area contributed by atoms with Gasteiger partial charge in [0.1, 0.15) is 0 Å². The Kier molecular flexibility index (Phi) is 7.85. The standard InChI is InChI=1S/C23H33N5/c1-3-25-23(26-14-11-20-10-7-13-24-17-20)27-22-12-15-28(19(2)16-22)18-21-8-5-4-6-9-21/h4-10,13,17,19,22H,3,11-12,14-16,18H2,1-2H3,(H2,25,26,27). The first kappa shape index (κ1) is 20.3. The van der Waals surface area contributed by atoms with Crippen molar-refractivity contribution in [2.75, 3.05) is 19.6 Å². The summed E-state index contributed by atoms with van der Waals surface area (Å²) in [6, 6.07) is 15.9. The highest BCUT2D eigenvalue weighted by atomic mass is 15.2. The normalized spacial score (nSPS) is 20.7. The van der Waals surface area contributed by atoms with Crippen molar-refractivity contribution in [3.8, 4) is 0 Å². The number of hydrogen-bond acceptors (Lipinski definition) is 3. The van der Waals surface area contributed by atoms with Crippen molar-refractivity contribution in [2.24, 2.45) is 4.99 Å². The van der Waals surface area contributed by atoms with Crippen molar-refractivity contribution in [2.45, 2.75) is 51.7 Å². The minimum Gasteiger partial charge on any atom is -0.357 e. The molecule has 2 unspecified atom stereocenters. The highest BCUT2D eigenvalue weighted by molar-refractivity contribution is 5.80. The van der Waals surface area contributed by atoms with Gasteiger partial charge >= 0.3 is 0 Å². The second-order valence-electron chi connectivity index (χ2n) is 7.54. The maximum atomic E-state index is 4.77. The maximum Gasteiger partial charge on any atom is 0.191 e. The third-order valence-electron chi connectivity index (χ3n) is 5.32. The van der Waals surface area contributed by atoms with E-state index in [0.717, 1.165) is 51.4 Å². The maximum absolute atomic E-state index is 4.77. The Labute approximate surface area is 169 Å². The number of hydrogen-bond donors (Lipinski definition) is 2. The average molecular weight is 380 g/mol. The van der Waals surface area contributed by atoms with Gasteiger partial charge in [0.05, 0.1) is 0 Å². The number of pyridine rings is 1. The van der Waals surface area contributed by atoms with Crippen LogP contribution >= 0.6 is 0 Å². The minimum atomic E-state index is 0.471. The number of nitrogens with one attached hydrogen (secondary N) is 2. The van der Waals surface area contributed by atoms with Crippen LogP contribution in [0, 0.1) is 0 Å². The van der Waals surface area contributed by atoms with Gasteiger partial charge < -0.3 is 10.6 Å². The Bertz CT molecular complexity index is 716. The average Bonchev–Trinajstić information content (AvgIpc) is 2.72. The minimum absolute atomic E-state index is 0.471. The lowest BCUT2D eigenvalue weighted by atomic mass is 9.97. The van der Waals surface area contributed by atoms with Crippen molar-refractivity contribution in [1.82, 2.24) is 20.5 Å². The Hall–Kier alpha value is -2.40. The molecule has 0 aliphatic carbocycles. The summed E-state index contributed by atoms with van der Waals surface area (Å²) < 4.78 is 0. The largest absolute Gasteiger partial charge is 0.357 e.